The van der Waals surface area contributed by atoms with Crippen molar-refractivity contribution in [3.63, 3.8) is 0 Å². The lowest BCUT2D eigenvalue weighted by Crippen LogP contribution is -2.51. The second kappa shape index (κ2) is 7.14. The van der Waals surface area contributed by atoms with Crippen LogP contribution >= 0.6 is 0 Å². The Hall–Kier alpha value is -2.55. The van der Waals surface area contributed by atoms with E-state index in [4.69, 9.17) is 10.00 Å². The summed E-state index contributed by atoms with van der Waals surface area (Å²) in [7, 11) is 0. The lowest BCUT2D eigenvalue weighted by molar-refractivity contribution is -0.136. The van der Waals surface area contributed by atoms with Crippen LogP contribution in [0.3, 0.4) is 0 Å². The molecular formula is C17H23N3O3. The molecule has 2 N–H and O–H groups in total. The third kappa shape index (κ3) is 6.39. The molecule has 0 radical (unpaired) electrons. The van der Waals surface area contributed by atoms with Crippen molar-refractivity contribution in [1.82, 2.24) is 10.6 Å². The molecule has 2 amide bonds. The number of carbonyl (C=O) groups is 2. The second-order valence-corrected chi connectivity index (χ2v) is 6.73. The van der Waals surface area contributed by atoms with Gasteiger partial charge in [0.25, 0.3) is 5.91 Å². The van der Waals surface area contributed by atoms with Crippen LogP contribution in [0.4, 0.5) is 0 Å². The van der Waals surface area contributed by atoms with E-state index in [0.29, 0.717) is 11.3 Å². The molecule has 6 nitrogen and oxygen atoms in total. The number of rotatable bonds is 5. The zero-order valence-corrected chi connectivity index (χ0v) is 14.2. The summed E-state index contributed by atoms with van der Waals surface area (Å²) in [6.07, 6.45) is 0. The molecule has 124 valence electrons. The molecule has 1 aromatic carbocycles. The molecule has 1 aromatic rings. The molecule has 23 heavy (non-hydrogen) atoms. The average molecular weight is 317 g/mol. The Balaban J connectivity index is 2.59. The van der Waals surface area contributed by atoms with Crippen LogP contribution in [0, 0.1) is 11.3 Å². The molecule has 0 atom stereocenters. The van der Waals surface area contributed by atoms with Gasteiger partial charge in [-0.2, -0.15) is 5.26 Å². The van der Waals surface area contributed by atoms with Gasteiger partial charge in [-0.1, -0.05) is 0 Å². The van der Waals surface area contributed by atoms with Gasteiger partial charge in [0.05, 0.1) is 18.2 Å². The molecule has 0 aliphatic heterocycles. The van der Waals surface area contributed by atoms with Crippen molar-refractivity contribution >= 4 is 11.8 Å². The fourth-order valence-corrected chi connectivity index (χ4v) is 1.77. The summed E-state index contributed by atoms with van der Waals surface area (Å²) in [5, 5.41) is 14.1. The van der Waals surface area contributed by atoms with Gasteiger partial charge in [0.1, 0.15) is 5.75 Å². The molecule has 0 bridgehead atoms. The van der Waals surface area contributed by atoms with Crippen molar-refractivity contribution in [2.45, 2.75) is 45.8 Å². The van der Waals surface area contributed by atoms with E-state index in [0.717, 1.165) is 0 Å². The minimum absolute atomic E-state index is 0.115. The summed E-state index contributed by atoms with van der Waals surface area (Å²) in [5.74, 6) is -0.186. The average Bonchev–Trinajstić information content (AvgIpc) is 2.43. The molecule has 0 aromatic heterocycles. The molecular weight excluding hydrogens is 294 g/mol. The van der Waals surface area contributed by atoms with Crippen LogP contribution in [0.5, 0.6) is 5.75 Å². The molecule has 0 heterocycles. The fraction of sp³-hybridized carbons (Fsp3) is 0.471. The van der Waals surface area contributed by atoms with Crippen molar-refractivity contribution in [3.05, 3.63) is 29.8 Å². The van der Waals surface area contributed by atoms with Crippen molar-refractivity contribution < 1.29 is 14.3 Å². The molecule has 0 fully saturated rings. The smallest absolute Gasteiger partial charge is 0.264 e. The highest BCUT2D eigenvalue weighted by atomic mass is 16.5. The fourth-order valence-electron chi connectivity index (χ4n) is 1.77. The van der Waals surface area contributed by atoms with E-state index in [2.05, 4.69) is 10.6 Å². The number of nitrogens with one attached hydrogen (secondary N) is 2. The van der Waals surface area contributed by atoms with E-state index in [1.54, 1.807) is 38.1 Å². The minimum Gasteiger partial charge on any atom is -0.478 e. The maximum atomic E-state index is 12.2. The zero-order valence-electron chi connectivity index (χ0n) is 14.2. The third-order valence-corrected chi connectivity index (χ3v) is 2.83. The lowest BCUT2D eigenvalue weighted by Gasteiger charge is -2.26. The SMILES string of the molecule is CC(C)(C)NC(=O)CNC(=O)C(C)(C)Oc1ccc(C#N)cc1. The second-order valence-electron chi connectivity index (χ2n) is 6.73. The largest absolute Gasteiger partial charge is 0.478 e. The van der Waals surface area contributed by atoms with Gasteiger partial charge in [0.2, 0.25) is 5.91 Å². The number of hydrogen-bond donors (Lipinski definition) is 2. The Labute approximate surface area is 136 Å². The maximum Gasteiger partial charge on any atom is 0.264 e. The van der Waals surface area contributed by atoms with Gasteiger partial charge in [-0.15, -0.1) is 0 Å². The molecule has 0 aliphatic rings. The highest BCUT2D eigenvalue weighted by Crippen LogP contribution is 2.19. The highest BCUT2D eigenvalue weighted by Gasteiger charge is 2.30. The summed E-state index contributed by atoms with van der Waals surface area (Å²) in [6.45, 7) is 8.71. The van der Waals surface area contributed by atoms with Crippen LogP contribution in [0.15, 0.2) is 24.3 Å². The van der Waals surface area contributed by atoms with Crippen LogP contribution in [0.25, 0.3) is 0 Å². The van der Waals surface area contributed by atoms with Crippen molar-refractivity contribution in [2.24, 2.45) is 0 Å². The summed E-state index contributed by atoms with van der Waals surface area (Å²) in [5.41, 5.74) is -0.981. The Kier molecular flexibility index (Phi) is 5.74. The van der Waals surface area contributed by atoms with Gasteiger partial charge < -0.3 is 15.4 Å². The maximum absolute atomic E-state index is 12.2. The monoisotopic (exact) mass is 317 g/mol. The van der Waals surface area contributed by atoms with Gasteiger partial charge >= 0.3 is 0 Å². The van der Waals surface area contributed by atoms with Gasteiger partial charge in [0.15, 0.2) is 5.60 Å². The highest BCUT2D eigenvalue weighted by molar-refractivity contribution is 5.89. The standard InChI is InChI=1S/C17H23N3O3/c1-16(2,3)20-14(21)11-19-15(22)17(4,5)23-13-8-6-12(10-18)7-9-13/h6-9H,11H2,1-5H3,(H,19,22)(H,20,21). The normalized spacial score (nSPS) is 11.3. The first-order valence-electron chi connectivity index (χ1n) is 7.32. The number of nitriles is 1. The predicted molar refractivity (Wildman–Crippen MR) is 86.8 cm³/mol. The van der Waals surface area contributed by atoms with E-state index < -0.39 is 11.5 Å². The summed E-state index contributed by atoms with van der Waals surface area (Å²) in [4.78, 5) is 23.9. The van der Waals surface area contributed by atoms with Crippen LogP contribution in [0.2, 0.25) is 0 Å². The number of hydrogen-bond acceptors (Lipinski definition) is 4. The predicted octanol–water partition coefficient (Wildman–Crippen LogP) is 1.75. The lowest BCUT2D eigenvalue weighted by atomic mass is 10.1. The molecule has 6 heteroatoms. The first-order valence-corrected chi connectivity index (χ1v) is 7.32. The third-order valence-electron chi connectivity index (χ3n) is 2.83. The Morgan fingerprint density at radius 1 is 1.13 bits per heavy atom. The van der Waals surface area contributed by atoms with Gasteiger partial charge in [-0.3, -0.25) is 9.59 Å². The van der Waals surface area contributed by atoms with Crippen LogP contribution in [-0.4, -0.2) is 29.5 Å². The van der Waals surface area contributed by atoms with E-state index in [1.165, 1.54) is 0 Å². The number of benzene rings is 1. The Morgan fingerprint density at radius 3 is 2.17 bits per heavy atom. The van der Waals surface area contributed by atoms with Gasteiger partial charge in [-0.05, 0) is 58.9 Å². The van der Waals surface area contributed by atoms with Gasteiger partial charge in [-0.25, -0.2) is 0 Å². The topological polar surface area (TPSA) is 91.2 Å². The number of nitrogens with zero attached hydrogens (tertiary/aromatic N) is 1. The molecule has 0 aliphatic carbocycles. The van der Waals surface area contributed by atoms with Crippen LogP contribution in [-0.2, 0) is 9.59 Å². The summed E-state index contributed by atoms with van der Waals surface area (Å²) < 4.78 is 5.64. The Morgan fingerprint density at radius 2 is 1.70 bits per heavy atom. The molecule has 0 saturated heterocycles. The van der Waals surface area contributed by atoms with E-state index in [9.17, 15) is 9.59 Å². The van der Waals surface area contributed by atoms with Crippen molar-refractivity contribution in [2.75, 3.05) is 6.54 Å². The molecule has 0 spiro atoms. The number of carbonyl (C=O) groups excluding carboxylic acids is 2. The van der Waals surface area contributed by atoms with Crippen molar-refractivity contribution in [1.29, 1.82) is 5.26 Å². The van der Waals surface area contributed by atoms with Crippen LogP contribution in [0.1, 0.15) is 40.2 Å². The van der Waals surface area contributed by atoms with E-state index >= 15 is 0 Å². The van der Waals surface area contributed by atoms with E-state index in [-0.39, 0.29) is 18.0 Å². The first kappa shape index (κ1) is 18.5. The molecule has 0 saturated carbocycles. The summed E-state index contributed by atoms with van der Waals surface area (Å²) in [6, 6.07) is 8.48. The summed E-state index contributed by atoms with van der Waals surface area (Å²) >= 11 is 0. The number of ether oxygens (including phenoxy) is 1. The molecule has 0 unspecified atom stereocenters. The Bertz CT molecular complexity index is 607. The van der Waals surface area contributed by atoms with Crippen molar-refractivity contribution in [3.8, 4) is 11.8 Å². The quantitative estimate of drug-likeness (QED) is 0.865. The minimum atomic E-state index is -1.14. The van der Waals surface area contributed by atoms with Gasteiger partial charge in [0, 0.05) is 5.54 Å². The number of amides is 2. The van der Waals surface area contributed by atoms with Crippen LogP contribution < -0.4 is 15.4 Å². The van der Waals surface area contributed by atoms with E-state index in [1.807, 2.05) is 26.8 Å². The zero-order chi connectivity index (χ0) is 17.7. The first-order chi connectivity index (χ1) is 10.5. The molecule has 1 rings (SSSR count).